The van der Waals surface area contributed by atoms with Gasteiger partial charge in [-0.15, -0.1) is 5.10 Å². The zero-order valence-electron chi connectivity index (χ0n) is 21.7. The van der Waals surface area contributed by atoms with E-state index in [-0.39, 0.29) is 24.0 Å². The van der Waals surface area contributed by atoms with Crippen LogP contribution in [-0.2, 0) is 19.0 Å². The number of nitrogens with one attached hydrogen (secondary N) is 1. The first kappa shape index (κ1) is 29.3. The number of aromatic nitrogens is 3. The SMILES string of the molecule is O=C(Nc1ccc(-n2nc(OCc3ccc(F)cc3)nc2-c2ccc(C(F)(F)F)cc2)cc1)c1ccc(C(F)(F)F)cc1. The van der Waals surface area contributed by atoms with Crippen LogP contribution in [0.15, 0.2) is 97.1 Å². The van der Waals surface area contributed by atoms with Gasteiger partial charge in [0.25, 0.3) is 5.91 Å². The third-order valence-electron chi connectivity index (χ3n) is 6.18. The second kappa shape index (κ2) is 11.6. The molecule has 13 heteroatoms. The maximum atomic E-state index is 13.2. The van der Waals surface area contributed by atoms with Gasteiger partial charge in [-0.3, -0.25) is 4.79 Å². The summed E-state index contributed by atoms with van der Waals surface area (Å²) in [7, 11) is 0. The molecule has 0 atom stereocenters. The molecule has 0 spiro atoms. The molecule has 0 aliphatic rings. The maximum Gasteiger partial charge on any atom is 0.416 e. The van der Waals surface area contributed by atoms with Crippen molar-refractivity contribution < 1.29 is 40.3 Å². The minimum absolute atomic E-state index is 0.00827. The van der Waals surface area contributed by atoms with Crippen LogP contribution in [0.2, 0.25) is 0 Å². The predicted octanol–water partition coefficient (Wildman–Crippen LogP) is 7.94. The first-order valence-electron chi connectivity index (χ1n) is 12.5. The Morgan fingerprint density at radius 3 is 1.86 bits per heavy atom. The molecule has 0 bridgehead atoms. The number of amides is 1. The van der Waals surface area contributed by atoms with Gasteiger partial charge in [-0.2, -0.15) is 31.3 Å². The van der Waals surface area contributed by atoms with Gasteiger partial charge in [-0.1, -0.05) is 24.3 Å². The van der Waals surface area contributed by atoms with Crippen molar-refractivity contribution >= 4 is 11.6 Å². The molecule has 5 aromatic rings. The average Bonchev–Trinajstić information content (AvgIpc) is 3.41. The molecule has 0 aliphatic carbocycles. The average molecular weight is 600 g/mol. The fourth-order valence-corrected chi connectivity index (χ4v) is 3.96. The molecular weight excluding hydrogens is 581 g/mol. The van der Waals surface area contributed by atoms with Crippen LogP contribution in [-0.4, -0.2) is 20.7 Å². The van der Waals surface area contributed by atoms with Gasteiger partial charge >= 0.3 is 18.4 Å². The number of anilines is 1. The molecule has 0 saturated carbocycles. The van der Waals surface area contributed by atoms with Crippen LogP contribution in [0.4, 0.5) is 36.4 Å². The van der Waals surface area contributed by atoms with Crippen LogP contribution in [0.5, 0.6) is 6.01 Å². The van der Waals surface area contributed by atoms with Crippen molar-refractivity contribution in [3.63, 3.8) is 0 Å². The number of halogens is 7. The Balaban J connectivity index is 1.39. The van der Waals surface area contributed by atoms with Gasteiger partial charge in [-0.05, 0) is 78.4 Å². The number of carbonyl (C=O) groups is 1. The van der Waals surface area contributed by atoms with Crippen molar-refractivity contribution in [1.82, 2.24) is 14.8 Å². The maximum absolute atomic E-state index is 13.2. The summed E-state index contributed by atoms with van der Waals surface area (Å²) in [5.74, 6) is -0.900. The molecule has 1 N–H and O–H groups in total. The quantitative estimate of drug-likeness (QED) is 0.193. The molecule has 43 heavy (non-hydrogen) atoms. The highest BCUT2D eigenvalue weighted by Crippen LogP contribution is 2.32. The number of hydrogen-bond acceptors (Lipinski definition) is 4. The molecule has 5 rings (SSSR count). The second-order valence-corrected chi connectivity index (χ2v) is 9.20. The van der Waals surface area contributed by atoms with Crippen LogP contribution in [0, 0.1) is 5.82 Å². The summed E-state index contributed by atoms with van der Waals surface area (Å²) in [6.45, 7) is -0.00827. The Morgan fingerprint density at radius 2 is 1.30 bits per heavy atom. The monoisotopic (exact) mass is 600 g/mol. The lowest BCUT2D eigenvalue weighted by molar-refractivity contribution is -0.138. The molecule has 220 valence electrons. The minimum atomic E-state index is -4.53. The summed E-state index contributed by atoms with van der Waals surface area (Å²) in [5.41, 5.74) is -0.0572. The molecule has 4 aromatic carbocycles. The molecule has 1 aromatic heterocycles. The van der Waals surface area contributed by atoms with Gasteiger partial charge in [0.05, 0.1) is 16.8 Å². The Morgan fingerprint density at radius 1 is 0.744 bits per heavy atom. The zero-order chi connectivity index (χ0) is 30.8. The first-order valence-corrected chi connectivity index (χ1v) is 12.5. The van der Waals surface area contributed by atoms with Crippen LogP contribution in [0.25, 0.3) is 17.1 Å². The van der Waals surface area contributed by atoms with E-state index in [9.17, 15) is 35.5 Å². The Kier molecular flexibility index (Phi) is 7.89. The van der Waals surface area contributed by atoms with Crippen molar-refractivity contribution in [3.8, 4) is 23.1 Å². The molecule has 1 amide bonds. The van der Waals surface area contributed by atoms with E-state index < -0.39 is 35.2 Å². The van der Waals surface area contributed by atoms with Gasteiger partial charge in [0, 0.05) is 16.8 Å². The van der Waals surface area contributed by atoms with Crippen LogP contribution in [0.3, 0.4) is 0 Å². The summed E-state index contributed by atoms with van der Waals surface area (Å²) >= 11 is 0. The molecule has 1 heterocycles. The van der Waals surface area contributed by atoms with E-state index >= 15 is 0 Å². The van der Waals surface area contributed by atoms with E-state index in [4.69, 9.17) is 4.74 Å². The summed E-state index contributed by atoms with van der Waals surface area (Å²) in [4.78, 5) is 16.9. The Bertz CT molecular complexity index is 1710. The van der Waals surface area contributed by atoms with Crippen molar-refractivity contribution in [2.24, 2.45) is 0 Å². The highest BCUT2D eigenvalue weighted by atomic mass is 19.4. The molecule has 0 aliphatic heterocycles. The predicted molar refractivity (Wildman–Crippen MR) is 142 cm³/mol. The number of alkyl halides is 6. The largest absolute Gasteiger partial charge is 0.457 e. The molecule has 6 nitrogen and oxygen atoms in total. The topological polar surface area (TPSA) is 69.0 Å². The lowest BCUT2D eigenvalue weighted by atomic mass is 10.1. The van der Waals surface area contributed by atoms with Crippen molar-refractivity contribution in [3.05, 3.63) is 125 Å². The number of benzene rings is 4. The van der Waals surface area contributed by atoms with Gasteiger partial charge < -0.3 is 10.1 Å². The highest BCUT2D eigenvalue weighted by Gasteiger charge is 2.31. The molecule has 0 unspecified atom stereocenters. The van der Waals surface area contributed by atoms with Gasteiger partial charge in [-0.25, -0.2) is 9.07 Å². The first-order chi connectivity index (χ1) is 20.4. The number of nitrogens with zero attached hydrogens (tertiary/aromatic N) is 3. The van der Waals surface area contributed by atoms with Gasteiger partial charge in [0.2, 0.25) is 0 Å². The lowest BCUT2D eigenvalue weighted by Gasteiger charge is -2.10. The van der Waals surface area contributed by atoms with Gasteiger partial charge in [0.1, 0.15) is 12.4 Å². The Labute approximate surface area is 239 Å². The molecule has 0 saturated heterocycles. The molecular formula is C30H19F7N4O2. The fraction of sp³-hybridized carbons (Fsp3) is 0.100. The van der Waals surface area contributed by atoms with E-state index in [1.165, 1.54) is 53.2 Å². The van der Waals surface area contributed by atoms with E-state index in [1.54, 1.807) is 12.1 Å². The van der Waals surface area contributed by atoms with Crippen LogP contribution >= 0.6 is 0 Å². The lowest BCUT2D eigenvalue weighted by Crippen LogP contribution is -2.13. The van der Waals surface area contributed by atoms with E-state index in [0.717, 1.165) is 36.4 Å². The summed E-state index contributed by atoms with van der Waals surface area (Å²) in [6.07, 6.45) is -9.06. The van der Waals surface area contributed by atoms with Gasteiger partial charge in [0.15, 0.2) is 5.82 Å². The smallest absolute Gasteiger partial charge is 0.416 e. The van der Waals surface area contributed by atoms with E-state index in [0.29, 0.717) is 22.5 Å². The molecule has 0 fully saturated rings. The third kappa shape index (κ3) is 7.00. The number of hydrogen-bond donors (Lipinski definition) is 1. The summed E-state index contributed by atoms with van der Waals surface area (Å²) in [5, 5.41) is 6.92. The zero-order valence-corrected chi connectivity index (χ0v) is 21.7. The van der Waals surface area contributed by atoms with Crippen molar-refractivity contribution in [2.45, 2.75) is 19.0 Å². The fourth-order valence-electron chi connectivity index (χ4n) is 3.96. The normalized spacial score (nSPS) is 11.8. The van der Waals surface area contributed by atoms with Crippen molar-refractivity contribution in [2.75, 3.05) is 5.32 Å². The molecule has 0 radical (unpaired) electrons. The second-order valence-electron chi connectivity index (χ2n) is 9.20. The highest BCUT2D eigenvalue weighted by molar-refractivity contribution is 6.04. The standard InChI is InChI=1S/C30H19F7N4O2/c31-23-11-1-18(2-12-23)17-43-28-39-26(19-3-7-21(8-4-19)29(32,33)34)41(40-28)25-15-13-24(14-16-25)38-27(42)20-5-9-22(10-6-20)30(35,36)37/h1-16H,17H2,(H,38,42). The van der Waals surface area contributed by atoms with Crippen LogP contribution in [0.1, 0.15) is 27.0 Å². The minimum Gasteiger partial charge on any atom is -0.457 e. The van der Waals surface area contributed by atoms with E-state index in [1.807, 2.05) is 0 Å². The number of ether oxygens (including phenoxy) is 1. The third-order valence-corrected chi connectivity index (χ3v) is 6.18. The van der Waals surface area contributed by atoms with E-state index in [2.05, 4.69) is 15.4 Å². The van der Waals surface area contributed by atoms with Crippen molar-refractivity contribution in [1.29, 1.82) is 0 Å². The summed E-state index contributed by atoms with van der Waals surface area (Å²) in [6, 6.07) is 19.6. The summed E-state index contributed by atoms with van der Waals surface area (Å²) < 4.78 is 98.0. The Hall–Kier alpha value is -5.20. The van der Waals surface area contributed by atoms with Crippen LogP contribution < -0.4 is 10.1 Å². The number of rotatable bonds is 7. The number of carbonyl (C=O) groups excluding carboxylic acids is 1.